The second-order valence-electron chi connectivity index (χ2n) is 12.3. The molecule has 0 heterocycles. The highest BCUT2D eigenvalue weighted by Gasteiger charge is 2.38. The molecule has 0 aliphatic carbocycles. The van der Waals surface area contributed by atoms with E-state index in [2.05, 4.69) is 64.3 Å². The third-order valence-electron chi connectivity index (χ3n) is 8.22. The molecular formula is C34H57NO7Si. The largest absolute Gasteiger partial charge is 0.467 e. The van der Waals surface area contributed by atoms with Crippen LogP contribution in [-0.2, 0) is 36.3 Å². The van der Waals surface area contributed by atoms with Gasteiger partial charge in [0.1, 0.15) is 11.5 Å². The van der Waals surface area contributed by atoms with Crippen molar-refractivity contribution in [2.24, 2.45) is 5.92 Å². The molecule has 8 nitrogen and oxygen atoms in total. The Morgan fingerprint density at radius 2 is 1.30 bits per heavy atom. The van der Waals surface area contributed by atoms with Crippen LogP contribution in [0.3, 0.4) is 0 Å². The van der Waals surface area contributed by atoms with Crippen LogP contribution in [0.25, 0.3) is 0 Å². The van der Waals surface area contributed by atoms with Crippen LogP contribution in [0.2, 0.25) is 18.1 Å². The molecule has 43 heavy (non-hydrogen) atoms. The van der Waals surface area contributed by atoms with Crippen LogP contribution in [0.4, 0.5) is 0 Å². The molecule has 0 aliphatic rings. The Balaban J connectivity index is 2.12. The number of rotatable bonds is 23. The van der Waals surface area contributed by atoms with Gasteiger partial charge in [-0.05, 0) is 61.0 Å². The van der Waals surface area contributed by atoms with Crippen molar-refractivity contribution in [2.45, 2.75) is 77.7 Å². The minimum Gasteiger partial charge on any atom is -0.467 e. The summed E-state index contributed by atoms with van der Waals surface area (Å²) in [5, 5.41) is 4.00. The summed E-state index contributed by atoms with van der Waals surface area (Å²) in [5.74, 6) is 2.01. The fraction of sp³-hybridized carbons (Fsp3) is 0.647. The number of para-hydroxylation sites is 2. The number of aryl methyl sites for hydroxylation is 1. The Morgan fingerprint density at radius 3 is 1.84 bits per heavy atom. The van der Waals surface area contributed by atoms with E-state index in [9.17, 15) is 0 Å². The molecule has 0 saturated heterocycles. The zero-order valence-corrected chi connectivity index (χ0v) is 28.9. The van der Waals surface area contributed by atoms with E-state index in [4.69, 9.17) is 32.8 Å². The third kappa shape index (κ3) is 13.7. The minimum absolute atomic E-state index is 0.150. The zero-order valence-electron chi connectivity index (χ0n) is 27.9. The lowest BCUT2D eigenvalue weighted by Gasteiger charge is -2.38. The summed E-state index contributed by atoms with van der Waals surface area (Å²) in [4.78, 5) is 0. The Labute approximate surface area is 261 Å². The minimum atomic E-state index is -1.92. The van der Waals surface area contributed by atoms with Crippen molar-refractivity contribution in [1.82, 2.24) is 5.32 Å². The van der Waals surface area contributed by atoms with E-state index in [1.165, 1.54) is 5.56 Å². The highest BCUT2D eigenvalue weighted by molar-refractivity contribution is 6.74. The van der Waals surface area contributed by atoms with Crippen LogP contribution in [0.15, 0.2) is 48.5 Å². The van der Waals surface area contributed by atoms with Crippen LogP contribution in [-0.4, -0.2) is 75.2 Å². The summed E-state index contributed by atoms with van der Waals surface area (Å²) in [6.45, 7) is 17.7. The standard InChI is InChI=1S/C34H57NO7Si/c1-9-31(35-24-29-15-11-13-17-33(29)41-27-39-23-21-37-6)30(25-42-43(7,8)34(2,3)4)19-18-28-14-10-12-16-32(28)40-26-38-22-20-36-5/h10-17,30-31,35H,9,18-27H2,1-8H3/t30-,31-/m0/s1. The van der Waals surface area contributed by atoms with Crippen LogP contribution < -0.4 is 14.8 Å². The van der Waals surface area contributed by atoms with Crippen molar-refractivity contribution in [3.8, 4) is 11.5 Å². The first-order chi connectivity index (χ1) is 20.6. The highest BCUT2D eigenvalue weighted by atomic mass is 28.4. The molecule has 0 spiro atoms. The second kappa shape index (κ2) is 20.1. The lowest BCUT2D eigenvalue weighted by molar-refractivity contribution is -0.00906. The number of ether oxygens (including phenoxy) is 6. The summed E-state index contributed by atoms with van der Waals surface area (Å²) in [5.41, 5.74) is 2.28. The van der Waals surface area contributed by atoms with Crippen molar-refractivity contribution >= 4 is 8.32 Å². The molecule has 0 amide bonds. The lowest BCUT2D eigenvalue weighted by atomic mass is 9.91. The number of benzene rings is 2. The summed E-state index contributed by atoms with van der Waals surface area (Å²) in [6, 6.07) is 16.6. The molecule has 0 bridgehead atoms. The topological polar surface area (TPSA) is 76.6 Å². The predicted octanol–water partition coefficient (Wildman–Crippen LogP) is 6.82. The maximum atomic E-state index is 6.81. The summed E-state index contributed by atoms with van der Waals surface area (Å²) >= 11 is 0. The first-order valence-corrected chi connectivity index (χ1v) is 18.5. The number of methoxy groups -OCH3 is 2. The number of nitrogens with one attached hydrogen (secondary N) is 1. The highest BCUT2D eigenvalue weighted by Crippen LogP contribution is 2.37. The van der Waals surface area contributed by atoms with Gasteiger partial charge in [0.15, 0.2) is 21.9 Å². The predicted molar refractivity (Wildman–Crippen MR) is 175 cm³/mol. The maximum Gasteiger partial charge on any atom is 0.191 e. The summed E-state index contributed by atoms with van der Waals surface area (Å²) < 4.78 is 39.9. The molecule has 2 aromatic carbocycles. The molecule has 9 heteroatoms. The molecular weight excluding hydrogens is 562 g/mol. The first kappa shape index (κ1) is 37.2. The fourth-order valence-electron chi connectivity index (χ4n) is 4.41. The zero-order chi connectivity index (χ0) is 31.6. The van der Waals surface area contributed by atoms with Gasteiger partial charge in [-0.3, -0.25) is 0 Å². The van der Waals surface area contributed by atoms with E-state index in [1.807, 2.05) is 30.3 Å². The average molecular weight is 620 g/mol. The van der Waals surface area contributed by atoms with Crippen LogP contribution in [0.1, 0.15) is 51.7 Å². The summed E-state index contributed by atoms with van der Waals surface area (Å²) in [6.07, 6.45) is 2.84. The normalized spacial score (nSPS) is 13.6. The van der Waals surface area contributed by atoms with Gasteiger partial charge in [0.25, 0.3) is 0 Å². The summed E-state index contributed by atoms with van der Waals surface area (Å²) in [7, 11) is 1.41. The van der Waals surface area contributed by atoms with Gasteiger partial charge in [0.05, 0.1) is 26.4 Å². The van der Waals surface area contributed by atoms with Crippen molar-refractivity contribution < 1.29 is 32.8 Å². The van der Waals surface area contributed by atoms with Gasteiger partial charge in [0, 0.05) is 39.0 Å². The molecule has 0 fully saturated rings. The number of hydrogen-bond acceptors (Lipinski definition) is 8. The molecule has 2 aromatic rings. The fourth-order valence-corrected chi connectivity index (χ4v) is 5.48. The molecule has 0 aliphatic heterocycles. The van der Waals surface area contributed by atoms with Crippen molar-refractivity contribution in [1.29, 1.82) is 0 Å². The Bertz CT molecular complexity index is 1010. The van der Waals surface area contributed by atoms with Crippen LogP contribution >= 0.6 is 0 Å². The number of hydrogen-bond donors (Lipinski definition) is 1. The van der Waals surface area contributed by atoms with Crippen molar-refractivity contribution in [3.63, 3.8) is 0 Å². The molecule has 0 aromatic heterocycles. The molecule has 0 unspecified atom stereocenters. The van der Waals surface area contributed by atoms with E-state index in [0.717, 1.165) is 42.9 Å². The molecule has 2 rings (SSSR count). The molecule has 2 atom stereocenters. The van der Waals surface area contributed by atoms with E-state index in [-0.39, 0.29) is 24.7 Å². The van der Waals surface area contributed by atoms with Crippen LogP contribution in [0, 0.1) is 5.92 Å². The molecule has 0 radical (unpaired) electrons. The SMILES string of the molecule is CC[C@H](NCc1ccccc1OCOCCOC)[C@@H](CCc1ccccc1OCOCCOC)CO[Si](C)(C)C(C)(C)C. The first-order valence-electron chi connectivity index (χ1n) is 15.5. The maximum absolute atomic E-state index is 6.81. The smallest absolute Gasteiger partial charge is 0.191 e. The lowest BCUT2D eigenvalue weighted by Crippen LogP contribution is -2.45. The molecule has 1 N–H and O–H groups in total. The van der Waals surface area contributed by atoms with Gasteiger partial charge in [-0.15, -0.1) is 0 Å². The monoisotopic (exact) mass is 619 g/mol. The Morgan fingerprint density at radius 1 is 0.767 bits per heavy atom. The van der Waals surface area contributed by atoms with Crippen molar-refractivity contribution in [3.05, 3.63) is 59.7 Å². The van der Waals surface area contributed by atoms with E-state index in [0.29, 0.717) is 38.9 Å². The van der Waals surface area contributed by atoms with Gasteiger partial charge < -0.3 is 38.2 Å². The van der Waals surface area contributed by atoms with Gasteiger partial charge in [-0.25, -0.2) is 0 Å². The van der Waals surface area contributed by atoms with Crippen LogP contribution in [0.5, 0.6) is 11.5 Å². The molecule has 244 valence electrons. The molecule has 0 saturated carbocycles. The van der Waals surface area contributed by atoms with Gasteiger partial charge >= 0.3 is 0 Å². The third-order valence-corrected chi connectivity index (χ3v) is 12.7. The Hall–Kier alpha value is -1.98. The quantitative estimate of drug-likeness (QED) is 0.0825. The van der Waals surface area contributed by atoms with Crippen molar-refractivity contribution in [2.75, 3.05) is 60.8 Å². The second-order valence-corrected chi connectivity index (χ2v) is 17.1. The van der Waals surface area contributed by atoms with Gasteiger partial charge in [0.2, 0.25) is 0 Å². The van der Waals surface area contributed by atoms with E-state index in [1.54, 1.807) is 14.2 Å². The Kier molecular flexibility index (Phi) is 17.4. The van der Waals surface area contributed by atoms with Gasteiger partial charge in [-0.2, -0.15) is 0 Å². The average Bonchev–Trinajstić information content (AvgIpc) is 2.98. The van der Waals surface area contributed by atoms with Gasteiger partial charge in [-0.1, -0.05) is 64.1 Å². The van der Waals surface area contributed by atoms with E-state index >= 15 is 0 Å². The van der Waals surface area contributed by atoms with E-state index < -0.39 is 8.32 Å².